The molecule has 0 fully saturated rings. The number of fused-ring (bicyclic) bond motifs is 1. The molecule has 0 spiro atoms. The standard InChI is InChI=1S/C20H26O6/c1-13-7-6-10-17(26-14(2)21)9-5-3-4-8-15-11-16(22)12-18(23)19(15)20(24)25-13/h4,8,11-13,17,22-23H,3,5-7,9-10H2,1-2H3/b8-4-/t13-,17+/m0/s1. The van der Waals surface area contributed by atoms with Gasteiger partial charge in [0.1, 0.15) is 23.2 Å². The average molecular weight is 362 g/mol. The number of hydrogen-bond donors (Lipinski definition) is 2. The Bertz CT molecular complexity index is 679. The SMILES string of the molecule is CC(=O)O[C@@H]1CCC/C=C\c2cc(O)cc(O)c2C(=O)O[C@@H](C)CCC1. The molecular weight excluding hydrogens is 336 g/mol. The number of carbonyl (C=O) groups is 2. The second kappa shape index (κ2) is 9.27. The van der Waals surface area contributed by atoms with E-state index < -0.39 is 5.97 Å². The Morgan fingerprint density at radius 3 is 2.65 bits per heavy atom. The molecule has 0 aliphatic carbocycles. The largest absolute Gasteiger partial charge is 0.508 e. The molecule has 142 valence electrons. The van der Waals surface area contributed by atoms with Gasteiger partial charge in [-0.1, -0.05) is 12.2 Å². The van der Waals surface area contributed by atoms with Crippen molar-refractivity contribution in [2.75, 3.05) is 0 Å². The van der Waals surface area contributed by atoms with Crippen LogP contribution in [0.25, 0.3) is 6.08 Å². The Labute approximate surface area is 153 Å². The van der Waals surface area contributed by atoms with Gasteiger partial charge >= 0.3 is 11.9 Å². The van der Waals surface area contributed by atoms with Gasteiger partial charge in [0.15, 0.2) is 0 Å². The molecule has 2 atom stereocenters. The van der Waals surface area contributed by atoms with E-state index in [-0.39, 0.29) is 35.2 Å². The first kappa shape index (κ1) is 19.8. The van der Waals surface area contributed by atoms with Gasteiger partial charge in [0.2, 0.25) is 0 Å². The van der Waals surface area contributed by atoms with E-state index in [0.29, 0.717) is 12.0 Å². The van der Waals surface area contributed by atoms with Crippen molar-refractivity contribution in [1.29, 1.82) is 0 Å². The highest BCUT2D eigenvalue weighted by Gasteiger charge is 2.21. The summed E-state index contributed by atoms with van der Waals surface area (Å²) in [6, 6.07) is 2.55. The highest BCUT2D eigenvalue weighted by atomic mass is 16.5. The molecule has 0 saturated heterocycles. The first-order valence-electron chi connectivity index (χ1n) is 8.97. The van der Waals surface area contributed by atoms with Crippen molar-refractivity contribution < 1.29 is 29.3 Å². The van der Waals surface area contributed by atoms with Gasteiger partial charge in [-0.05, 0) is 57.1 Å². The molecule has 0 unspecified atom stereocenters. The third kappa shape index (κ3) is 5.79. The molecule has 1 aliphatic rings. The fraction of sp³-hybridized carbons (Fsp3) is 0.500. The van der Waals surface area contributed by atoms with Crippen molar-refractivity contribution in [3.05, 3.63) is 29.3 Å². The molecule has 1 aromatic carbocycles. The summed E-state index contributed by atoms with van der Waals surface area (Å²) < 4.78 is 10.8. The lowest BCUT2D eigenvalue weighted by molar-refractivity contribution is -0.147. The van der Waals surface area contributed by atoms with Crippen LogP contribution in [-0.4, -0.2) is 34.4 Å². The van der Waals surface area contributed by atoms with E-state index in [4.69, 9.17) is 9.47 Å². The summed E-state index contributed by atoms with van der Waals surface area (Å²) in [4.78, 5) is 23.7. The topological polar surface area (TPSA) is 93.1 Å². The molecule has 1 heterocycles. The Morgan fingerprint density at radius 2 is 1.92 bits per heavy atom. The normalized spacial score (nSPS) is 23.2. The second-order valence-electron chi connectivity index (χ2n) is 6.64. The molecule has 0 radical (unpaired) electrons. The summed E-state index contributed by atoms with van der Waals surface area (Å²) in [7, 11) is 0. The molecule has 2 rings (SSSR count). The lowest BCUT2D eigenvalue weighted by Crippen LogP contribution is -2.19. The lowest BCUT2D eigenvalue weighted by atomic mass is 10.0. The Hall–Kier alpha value is -2.50. The van der Waals surface area contributed by atoms with Gasteiger partial charge in [-0.15, -0.1) is 0 Å². The molecule has 6 heteroatoms. The lowest BCUT2D eigenvalue weighted by Gasteiger charge is -2.19. The third-order valence-corrected chi connectivity index (χ3v) is 4.31. The maximum absolute atomic E-state index is 12.5. The zero-order valence-electron chi connectivity index (χ0n) is 15.2. The summed E-state index contributed by atoms with van der Waals surface area (Å²) in [5.74, 6) is -1.33. The van der Waals surface area contributed by atoms with Crippen LogP contribution in [0.1, 0.15) is 68.3 Å². The maximum Gasteiger partial charge on any atom is 0.342 e. The van der Waals surface area contributed by atoms with Gasteiger partial charge in [-0.25, -0.2) is 4.79 Å². The first-order valence-corrected chi connectivity index (χ1v) is 8.97. The van der Waals surface area contributed by atoms with Gasteiger partial charge in [0.05, 0.1) is 6.10 Å². The number of allylic oxidation sites excluding steroid dienone is 1. The van der Waals surface area contributed by atoms with Crippen LogP contribution in [0.4, 0.5) is 0 Å². The van der Waals surface area contributed by atoms with Crippen LogP contribution in [-0.2, 0) is 14.3 Å². The molecule has 6 nitrogen and oxygen atoms in total. The highest BCUT2D eigenvalue weighted by Crippen LogP contribution is 2.30. The molecule has 26 heavy (non-hydrogen) atoms. The van der Waals surface area contributed by atoms with Crippen LogP contribution in [0, 0.1) is 0 Å². The van der Waals surface area contributed by atoms with Crippen molar-refractivity contribution in [2.45, 2.75) is 64.6 Å². The number of ether oxygens (including phenoxy) is 2. The minimum absolute atomic E-state index is 0.0562. The minimum Gasteiger partial charge on any atom is -0.508 e. The van der Waals surface area contributed by atoms with Crippen LogP contribution < -0.4 is 0 Å². The van der Waals surface area contributed by atoms with E-state index in [1.807, 2.05) is 6.08 Å². The van der Waals surface area contributed by atoms with Gasteiger partial charge in [-0.3, -0.25) is 4.79 Å². The predicted octanol–water partition coefficient (Wildman–Crippen LogP) is 3.94. The van der Waals surface area contributed by atoms with Crippen molar-refractivity contribution in [3.8, 4) is 11.5 Å². The van der Waals surface area contributed by atoms with E-state index >= 15 is 0 Å². The van der Waals surface area contributed by atoms with Gasteiger partial charge in [0, 0.05) is 13.0 Å². The minimum atomic E-state index is -0.622. The van der Waals surface area contributed by atoms with E-state index in [0.717, 1.165) is 38.2 Å². The van der Waals surface area contributed by atoms with Gasteiger partial charge in [0.25, 0.3) is 0 Å². The summed E-state index contributed by atoms with van der Waals surface area (Å²) in [5, 5.41) is 19.8. The van der Waals surface area contributed by atoms with Crippen LogP contribution in [0.3, 0.4) is 0 Å². The smallest absolute Gasteiger partial charge is 0.342 e. The molecule has 1 aromatic rings. The number of benzene rings is 1. The molecular formula is C20H26O6. The van der Waals surface area contributed by atoms with Crippen LogP contribution >= 0.6 is 0 Å². The molecule has 0 amide bonds. The molecule has 0 bridgehead atoms. The highest BCUT2D eigenvalue weighted by molar-refractivity contribution is 5.97. The molecule has 2 N–H and O–H groups in total. The van der Waals surface area contributed by atoms with Crippen molar-refractivity contribution >= 4 is 18.0 Å². The second-order valence-corrected chi connectivity index (χ2v) is 6.64. The Kier molecular flexibility index (Phi) is 7.06. The van der Waals surface area contributed by atoms with E-state index in [2.05, 4.69) is 0 Å². The number of rotatable bonds is 1. The van der Waals surface area contributed by atoms with E-state index in [1.165, 1.54) is 13.0 Å². The molecule has 0 aromatic heterocycles. The van der Waals surface area contributed by atoms with Crippen LogP contribution in [0.5, 0.6) is 11.5 Å². The maximum atomic E-state index is 12.5. The Balaban J connectivity index is 2.23. The van der Waals surface area contributed by atoms with Crippen molar-refractivity contribution in [3.63, 3.8) is 0 Å². The number of esters is 2. The molecule has 1 aliphatic heterocycles. The van der Waals surface area contributed by atoms with Crippen LogP contribution in [0.15, 0.2) is 18.2 Å². The third-order valence-electron chi connectivity index (χ3n) is 4.31. The fourth-order valence-electron chi connectivity index (χ4n) is 3.09. The number of aromatic hydroxyl groups is 2. The zero-order chi connectivity index (χ0) is 19.1. The van der Waals surface area contributed by atoms with Gasteiger partial charge in [-0.2, -0.15) is 0 Å². The van der Waals surface area contributed by atoms with E-state index in [1.54, 1.807) is 13.0 Å². The average Bonchev–Trinajstić information content (AvgIpc) is 2.52. The fourth-order valence-corrected chi connectivity index (χ4v) is 3.09. The summed E-state index contributed by atoms with van der Waals surface area (Å²) in [6.07, 6.45) is 7.51. The summed E-state index contributed by atoms with van der Waals surface area (Å²) in [5.41, 5.74) is 0.467. The number of hydrogen-bond acceptors (Lipinski definition) is 6. The summed E-state index contributed by atoms with van der Waals surface area (Å²) in [6.45, 7) is 3.20. The monoisotopic (exact) mass is 362 g/mol. The van der Waals surface area contributed by atoms with Crippen molar-refractivity contribution in [2.24, 2.45) is 0 Å². The van der Waals surface area contributed by atoms with Crippen molar-refractivity contribution in [1.82, 2.24) is 0 Å². The number of phenols is 2. The number of cyclic esters (lactones) is 1. The first-order chi connectivity index (χ1) is 12.4. The number of phenolic OH excluding ortho intramolecular Hbond substituents is 2. The predicted molar refractivity (Wildman–Crippen MR) is 96.9 cm³/mol. The van der Waals surface area contributed by atoms with Gasteiger partial charge < -0.3 is 19.7 Å². The Morgan fingerprint density at radius 1 is 1.19 bits per heavy atom. The van der Waals surface area contributed by atoms with Crippen LogP contribution in [0.2, 0.25) is 0 Å². The van der Waals surface area contributed by atoms with E-state index in [9.17, 15) is 19.8 Å². The summed E-state index contributed by atoms with van der Waals surface area (Å²) >= 11 is 0. The quantitative estimate of drug-likeness (QED) is 0.735. The molecule has 0 saturated carbocycles. The number of carbonyl (C=O) groups excluding carboxylic acids is 2. The zero-order valence-corrected chi connectivity index (χ0v) is 15.2.